The van der Waals surface area contributed by atoms with Crippen molar-refractivity contribution in [2.45, 2.75) is 5.01 Å². The van der Waals surface area contributed by atoms with Gasteiger partial charge in [0.05, 0.1) is 0 Å². The average molecular weight is 274 g/mol. The predicted molar refractivity (Wildman–Crippen MR) is 59.6 cm³/mol. The van der Waals surface area contributed by atoms with Crippen LogP contribution in [0.3, 0.4) is 0 Å². The third-order valence-electron chi connectivity index (χ3n) is 1.27. The molecular weight excluding hydrogens is 263 g/mol. The molecule has 4 heteroatoms. The first kappa shape index (κ1) is 14.7. The highest BCUT2D eigenvalue weighted by molar-refractivity contribution is 9.09. The molecule has 0 saturated carbocycles. The van der Waals surface area contributed by atoms with Crippen LogP contribution in [0.15, 0.2) is 30.3 Å². The van der Waals surface area contributed by atoms with Crippen LogP contribution >= 0.6 is 40.7 Å². The second kappa shape index (κ2) is 7.87. The summed E-state index contributed by atoms with van der Waals surface area (Å²) in [4.78, 5) is 0. The molecule has 1 unspecified atom stereocenters. The van der Waals surface area contributed by atoms with E-state index >= 15 is 0 Å². The van der Waals surface area contributed by atoms with E-state index in [0.717, 1.165) is 5.56 Å². The molecule has 1 nitrogen and oxygen atoms in total. The lowest BCUT2D eigenvalue weighted by atomic mass is 10.2. The number of alkyl halides is 1. The maximum absolute atomic E-state index is 5.05. The molecule has 0 aromatic heterocycles. The summed E-state index contributed by atoms with van der Waals surface area (Å²) in [6.07, 6.45) is 0. The highest BCUT2D eigenvalue weighted by Gasteiger charge is 2.01. The fourth-order valence-electron chi connectivity index (χ4n) is 0.740. The van der Waals surface area contributed by atoms with Gasteiger partial charge in [0.25, 0.3) is 0 Å². The van der Waals surface area contributed by atoms with Gasteiger partial charge in [0.2, 0.25) is 0 Å². The number of benzene rings is 1. The number of hydrogen-bond acceptors (Lipinski definition) is 1. The van der Waals surface area contributed by atoms with E-state index in [1.807, 2.05) is 30.3 Å². The molecule has 0 radical (unpaired) electrons. The lowest BCUT2D eigenvalue weighted by Gasteiger charge is -2.05. The summed E-state index contributed by atoms with van der Waals surface area (Å²) in [5, 5.41) is 0.0219. The Morgan fingerprint density at radius 2 is 1.67 bits per heavy atom. The summed E-state index contributed by atoms with van der Waals surface area (Å²) in [5.74, 6) is 0. The van der Waals surface area contributed by atoms with E-state index in [1.165, 1.54) is 0 Å². The first-order valence-electron chi connectivity index (χ1n) is 3.06. The Morgan fingerprint density at radius 1 is 1.17 bits per heavy atom. The SMILES string of the molecule is COC(Br)c1ccccc1.Cl.Cl. The zero-order valence-electron chi connectivity index (χ0n) is 6.57. The summed E-state index contributed by atoms with van der Waals surface area (Å²) >= 11 is 3.36. The number of rotatable bonds is 2. The van der Waals surface area contributed by atoms with Gasteiger partial charge in [-0.2, -0.15) is 0 Å². The van der Waals surface area contributed by atoms with Gasteiger partial charge < -0.3 is 4.74 Å². The standard InChI is InChI=1S/C8H9BrO.2ClH/c1-10-8(9)7-5-3-2-4-6-7;;/h2-6,8H,1H3;2*1H. The van der Waals surface area contributed by atoms with Crippen LogP contribution in [-0.4, -0.2) is 7.11 Å². The Morgan fingerprint density at radius 3 is 2.08 bits per heavy atom. The largest absolute Gasteiger partial charge is 0.365 e. The van der Waals surface area contributed by atoms with E-state index in [9.17, 15) is 0 Å². The minimum atomic E-state index is 0. The number of halogens is 3. The van der Waals surface area contributed by atoms with Gasteiger partial charge in [0.15, 0.2) is 0 Å². The molecule has 0 heterocycles. The first-order valence-corrected chi connectivity index (χ1v) is 3.98. The molecule has 0 aliphatic carbocycles. The summed E-state index contributed by atoms with van der Waals surface area (Å²) in [5.41, 5.74) is 1.14. The van der Waals surface area contributed by atoms with Crippen molar-refractivity contribution in [3.63, 3.8) is 0 Å². The Hall–Kier alpha value is 0.240. The summed E-state index contributed by atoms with van der Waals surface area (Å²) in [6, 6.07) is 10.00. The number of hydrogen-bond donors (Lipinski definition) is 0. The second-order valence-electron chi connectivity index (χ2n) is 1.96. The Balaban J connectivity index is 0. The van der Waals surface area contributed by atoms with E-state index in [-0.39, 0.29) is 29.8 Å². The molecule has 1 aromatic rings. The monoisotopic (exact) mass is 272 g/mol. The van der Waals surface area contributed by atoms with Gasteiger partial charge in [-0.15, -0.1) is 24.8 Å². The third-order valence-corrected chi connectivity index (χ3v) is 2.17. The van der Waals surface area contributed by atoms with Crippen molar-refractivity contribution in [2.75, 3.05) is 7.11 Å². The highest BCUT2D eigenvalue weighted by atomic mass is 79.9. The molecule has 0 spiro atoms. The quantitative estimate of drug-likeness (QED) is 0.749. The number of methoxy groups -OCH3 is 1. The number of ether oxygens (including phenoxy) is 1. The maximum Gasteiger partial charge on any atom is 0.137 e. The van der Waals surface area contributed by atoms with Gasteiger partial charge in [0, 0.05) is 7.11 Å². The highest BCUT2D eigenvalue weighted by Crippen LogP contribution is 2.21. The van der Waals surface area contributed by atoms with Crippen LogP contribution in [0.25, 0.3) is 0 Å². The van der Waals surface area contributed by atoms with Gasteiger partial charge in [-0.25, -0.2) is 0 Å². The van der Waals surface area contributed by atoms with Crippen molar-refractivity contribution < 1.29 is 4.74 Å². The van der Waals surface area contributed by atoms with Crippen LogP contribution < -0.4 is 0 Å². The summed E-state index contributed by atoms with van der Waals surface area (Å²) in [6.45, 7) is 0. The lowest BCUT2D eigenvalue weighted by Crippen LogP contribution is -1.89. The molecule has 0 N–H and O–H groups in total. The molecule has 1 rings (SSSR count). The van der Waals surface area contributed by atoms with Crippen molar-refractivity contribution in [1.82, 2.24) is 0 Å². The van der Waals surface area contributed by atoms with E-state index < -0.39 is 0 Å². The molecule has 12 heavy (non-hydrogen) atoms. The molecule has 70 valence electrons. The van der Waals surface area contributed by atoms with Gasteiger partial charge >= 0.3 is 0 Å². The maximum atomic E-state index is 5.05. The molecule has 0 fully saturated rings. The fraction of sp³-hybridized carbons (Fsp3) is 0.250. The normalized spacial score (nSPS) is 10.8. The van der Waals surface area contributed by atoms with Crippen molar-refractivity contribution in [1.29, 1.82) is 0 Å². The fourth-order valence-corrected chi connectivity index (χ4v) is 1.05. The van der Waals surface area contributed by atoms with Gasteiger partial charge in [-0.1, -0.05) is 46.3 Å². The van der Waals surface area contributed by atoms with Gasteiger partial charge in [-0.3, -0.25) is 0 Å². The molecule has 0 amide bonds. The van der Waals surface area contributed by atoms with Crippen LogP contribution in [0.5, 0.6) is 0 Å². The van der Waals surface area contributed by atoms with Crippen LogP contribution in [0.4, 0.5) is 0 Å². The third kappa shape index (κ3) is 4.31. The predicted octanol–water partition coefficient (Wildman–Crippen LogP) is 3.57. The minimum absolute atomic E-state index is 0. The summed E-state index contributed by atoms with van der Waals surface area (Å²) < 4.78 is 5.05. The van der Waals surface area contributed by atoms with Crippen LogP contribution in [0.1, 0.15) is 10.6 Å². The molecule has 0 aliphatic rings. The van der Waals surface area contributed by atoms with Crippen LogP contribution in [0, 0.1) is 0 Å². The molecule has 1 atom stereocenters. The van der Waals surface area contributed by atoms with Gasteiger partial charge in [0.1, 0.15) is 5.01 Å². The van der Waals surface area contributed by atoms with Crippen molar-refractivity contribution in [3.05, 3.63) is 35.9 Å². The Kier molecular flexibility index (Phi) is 9.67. The zero-order chi connectivity index (χ0) is 7.40. The van der Waals surface area contributed by atoms with Crippen LogP contribution in [0.2, 0.25) is 0 Å². The van der Waals surface area contributed by atoms with E-state index in [0.29, 0.717) is 0 Å². The lowest BCUT2D eigenvalue weighted by molar-refractivity contribution is 0.181. The zero-order valence-corrected chi connectivity index (χ0v) is 9.79. The van der Waals surface area contributed by atoms with E-state index in [1.54, 1.807) is 7.11 Å². The molecular formula is C8H11BrCl2O. The van der Waals surface area contributed by atoms with Crippen LogP contribution in [-0.2, 0) is 4.74 Å². The second-order valence-corrected chi connectivity index (χ2v) is 2.79. The Bertz CT molecular complexity index is 194. The smallest absolute Gasteiger partial charge is 0.137 e. The van der Waals surface area contributed by atoms with Crippen molar-refractivity contribution in [3.8, 4) is 0 Å². The topological polar surface area (TPSA) is 9.23 Å². The van der Waals surface area contributed by atoms with Crippen molar-refractivity contribution in [2.24, 2.45) is 0 Å². The van der Waals surface area contributed by atoms with E-state index in [2.05, 4.69) is 15.9 Å². The Labute approximate surface area is 93.4 Å². The van der Waals surface area contributed by atoms with Crippen molar-refractivity contribution >= 4 is 40.7 Å². The molecule has 0 aliphatic heterocycles. The molecule has 1 aromatic carbocycles. The molecule has 0 bridgehead atoms. The summed E-state index contributed by atoms with van der Waals surface area (Å²) in [7, 11) is 1.67. The average Bonchev–Trinajstić information content (AvgIpc) is 2.05. The van der Waals surface area contributed by atoms with E-state index in [4.69, 9.17) is 4.74 Å². The molecule has 0 saturated heterocycles. The first-order chi connectivity index (χ1) is 4.84. The minimum Gasteiger partial charge on any atom is -0.365 e. The van der Waals surface area contributed by atoms with Gasteiger partial charge in [-0.05, 0) is 5.56 Å².